The fraction of sp³-hybridized carbons (Fsp3) is 0.308. The lowest BCUT2D eigenvalue weighted by atomic mass is 10.2. The van der Waals surface area contributed by atoms with E-state index in [2.05, 4.69) is 10.3 Å². The minimum absolute atomic E-state index is 0.0502. The normalized spacial score (nSPS) is 12.4. The number of para-hydroxylation sites is 1. The van der Waals surface area contributed by atoms with Gasteiger partial charge in [-0.3, -0.25) is 4.79 Å². The summed E-state index contributed by atoms with van der Waals surface area (Å²) in [7, 11) is 1.60. The molecule has 0 saturated heterocycles. The molecule has 1 amide bonds. The van der Waals surface area contributed by atoms with Gasteiger partial charge in [-0.1, -0.05) is 12.1 Å². The van der Waals surface area contributed by atoms with Crippen LogP contribution in [0.4, 0.5) is 0 Å². The molecule has 1 aromatic heterocycles. The minimum Gasteiger partial charge on any atom is -0.495 e. The number of ether oxygens (including phenoxy) is 1. The Morgan fingerprint density at radius 1 is 1.56 bits per heavy atom. The summed E-state index contributed by atoms with van der Waals surface area (Å²) in [5.41, 5.74) is 6.81. The maximum Gasteiger partial charge on any atom is 0.267 e. The molecule has 5 nitrogen and oxygen atoms in total. The van der Waals surface area contributed by atoms with Crippen molar-refractivity contribution in [3.05, 3.63) is 30.0 Å². The van der Waals surface area contributed by atoms with Gasteiger partial charge >= 0.3 is 0 Å². The van der Waals surface area contributed by atoms with Crippen LogP contribution in [0.3, 0.4) is 0 Å². The Balaban J connectivity index is 2.32. The zero-order chi connectivity index (χ0) is 13.1. The Hall–Kier alpha value is -2.01. The Kier molecular flexibility index (Phi) is 3.53. The maximum absolute atomic E-state index is 11.9. The number of amides is 1. The highest BCUT2D eigenvalue weighted by Gasteiger charge is 2.13. The summed E-state index contributed by atoms with van der Waals surface area (Å²) in [6.45, 7) is 2.27. The van der Waals surface area contributed by atoms with E-state index in [1.165, 1.54) is 0 Å². The van der Waals surface area contributed by atoms with Crippen LogP contribution in [0.5, 0.6) is 5.75 Å². The Morgan fingerprint density at radius 2 is 2.33 bits per heavy atom. The second kappa shape index (κ2) is 5.10. The van der Waals surface area contributed by atoms with E-state index in [-0.39, 0.29) is 11.9 Å². The molecular weight excluding hydrogens is 230 g/mol. The van der Waals surface area contributed by atoms with E-state index in [0.29, 0.717) is 12.2 Å². The third-order valence-corrected chi connectivity index (χ3v) is 2.81. The first-order chi connectivity index (χ1) is 8.65. The Morgan fingerprint density at radius 3 is 3.00 bits per heavy atom. The van der Waals surface area contributed by atoms with Gasteiger partial charge in [-0.2, -0.15) is 0 Å². The van der Waals surface area contributed by atoms with Gasteiger partial charge in [-0.05, 0) is 19.1 Å². The van der Waals surface area contributed by atoms with Crippen molar-refractivity contribution < 1.29 is 9.53 Å². The second-order valence-corrected chi connectivity index (χ2v) is 4.22. The van der Waals surface area contributed by atoms with Crippen LogP contribution >= 0.6 is 0 Å². The number of hydrogen-bond acceptors (Lipinski definition) is 3. The molecule has 2 rings (SSSR count). The minimum atomic E-state index is -0.161. The van der Waals surface area contributed by atoms with Gasteiger partial charge in [-0.25, -0.2) is 0 Å². The number of rotatable bonds is 4. The molecule has 96 valence electrons. The van der Waals surface area contributed by atoms with Crippen molar-refractivity contribution >= 4 is 16.8 Å². The lowest BCUT2D eigenvalue weighted by Gasteiger charge is -2.09. The number of carbonyl (C=O) groups is 1. The summed E-state index contributed by atoms with van der Waals surface area (Å²) >= 11 is 0. The molecule has 1 heterocycles. The summed E-state index contributed by atoms with van der Waals surface area (Å²) in [4.78, 5) is 15.0. The van der Waals surface area contributed by atoms with E-state index >= 15 is 0 Å². The van der Waals surface area contributed by atoms with Crippen LogP contribution in [0.25, 0.3) is 10.9 Å². The van der Waals surface area contributed by atoms with Gasteiger partial charge in [0.1, 0.15) is 11.4 Å². The number of aromatic nitrogens is 1. The summed E-state index contributed by atoms with van der Waals surface area (Å²) in [5.74, 6) is 0.560. The highest BCUT2D eigenvalue weighted by atomic mass is 16.5. The first kappa shape index (κ1) is 12.4. The third-order valence-electron chi connectivity index (χ3n) is 2.81. The van der Waals surface area contributed by atoms with Crippen LogP contribution in [-0.4, -0.2) is 30.6 Å². The smallest absolute Gasteiger partial charge is 0.267 e. The number of hydrogen-bond donors (Lipinski definition) is 3. The van der Waals surface area contributed by atoms with Gasteiger partial charge in [0.25, 0.3) is 5.91 Å². The van der Waals surface area contributed by atoms with E-state index < -0.39 is 0 Å². The molecule has 1 aromatic carbocycles. The van der Waals surface area contributed by atoms with Crippen molar-refractivity contribution in [3.8, 4) is 5.75 Å². The van der Waals surface area contributed by atoms with Crippen LogP contribution in [0.15, 0.2) is 24.3 Å². The molecule has 0 bridgehead atoms. The maximum atomic E-state index is 11.9. The molecule has 0 aliphatic heterocycles. The Bertz CT molecular complexity index is 562. The number of fused-ring (bicyclic) bond motifs is 1. The molecule has 0 radical (unpaired) electrons. The molecule has 0 spiro atoms. The number of aromatic amines is 1. The highest BCUT2D eigenvalue weighted by Crippen LogP contribution is 2.25. The summed E-state index contributed by atoms with van der Waals surface area (Å²) in [5, 5.41) is 3.75. The standard InChI is InChI=1S/C13H17N3O2/c1-8(7-14)15-13(17)10-6-9-4-3-5-11(18-2)12(9)16-10/h3-6,8,16H,7,14H2,1-2H3,(H,15,17). The molecule has 5 heteroatoms. The molecule has 1 atom stereocenters. The van der Waals surface area contributed by atoms with Crippen LogP contribution in [0, 0.1) is 0 Å². The molecule has 0 aliphatic rings. The molecule has 4 N–H and O–H groups in total. The molecular formula is C13H17N3O2. The van der Waals surface area contributed by atoms with E-state index in [4.69, 9.17) is 10.5 Å². The highest BCUT2D eigenvalue weighted by molar-refractivity contribution is 5.99. The van der Waals surface area contributed by atoms with Gasteiger partial charge in [0.15, 0.2) is 0 Å². The Labute approximate surface area is 105 Å². The number of H-pyrrole nitrogens is 1. The van der Waals surface area contributed by atoms with Crippen molar-refractivity contribution in [3.63, 3.8) is 0 Å². The fourth-order valence-electron chi connectivity index (χ4n) is 1.78. The van der Waals surface area contributed by atoms with Gasteiger partial charge in [0, 0.05) is 18.0 Å². The van der Waals surface area contributed by atoms with Gasteiger partial charge in [0.05, 0.1) is 12.6 Å². The lowest BCUT2D eigenvalue weighted by Crippen LogP contribution is -2.37. The van der Waals surface area contributed by atoms with E-state index in [0.717, 1.165) is 16.7 Å². The first-order valence-corrected chi connectivity index (χ1v) is 5.82. The largest absolute Gasteiger partial charge is 0.495 e. The summed E-state index contributed by atoms with van der Waals surface area (Å²) < 4.78 is 5.24. The number of nitrogens with one attached hydrogen (secondary N) is 2. The summed E-state index contributed by atoms with van der Waals surface area (Å²) in [6, 6.07) is 7.42. The van der Waals surface area contributed by atoms with Crippen molar-refractivity contribution in [2.24, 2.45) is 5.73 Å². The van der Waals surface area contributed by atoms with Crippen LogP contribution in [0.1, 0.15) is 17.4 Å². The molecule has 0 aliphatic carbocycles. The molecule has 1 unspecified atom stereocenters. The molecule has 0 saturated carbocycles. The molecule has 18 heavy (non-hydrogen) atoms. The van der Waals surface area contributed by atoms with Crippen molar-refractivity contribution in [2.45, 2.75) is 13.0 Å². The predicted octanol–water partition coefficient (Wildman–Crippen LogP) is 1.25. The van der Waals surface area contributed by atoms with Crippen LogP contribution in [-0.2, 0) is 0 Å². The topological polar surface area (TPSA) is 80.1 Å². The van der Waals surface area contributed by atoms with Gasteiger partial charge in [0.2, 0.25) is 0 Å². The first-order valence-electron chi connectivity index (χ1n) is 5.82. The van der Waals surface area contributed by atoms with Crippen molar-refractivity contribution in [1.29, 1.82) is 0 Å². The number of benzene rings is 1. The van der Waals surface area contributed by atoms with Crippen LogP contribution < -0.4 is 15.8 Å². The zero-order valence-corrected chi connectivity index (χ0v) is 10.5. The van der Waals surface area contributed by atoms with E-state index in [9.17, 15) is 4.79 Å². The number of carbonyl (C=O) groups excluding carboxylic acids is 1. The van der Waals surface area contributed by atoms with Crippen LogP contribution in [0.2, 0.25) is 0 Å². The SMILES string of the molecule is COc1cccc2cc(C(=O)NC(C)CN)[nH]c12. The quantitative estimate of drug-likeness (QED) is 0.760. The molecule has 2 aromatic rings. The second-order valence-electron chi connectivity index (χ2n) is 4.22. The van der Waals surface area contributed by atoms with Crippen molar-refractivity contribution in [1.82, 2.24) is 10.3 Å². The number of methoxy groups -OCH3 is 1. The zero-order valence-electron chi connectivity index (χ0n) is 10.5. The monoisotopic (exact) mass is 247 g/mol. The average Bonchev–Trinajstić information content (AvgIpc) is 2.82. The number of nitrogens with two attached hydrogens (primary N) is 1. The van der Waals surface area contributed by atoms with E-state index in [1.807, 2.05) is 25.1 Å². The van der Waals surface area contributed by atoms with Gasteiger partial charge in [-0.15, -0.1) is 0 Å². The van der Waals surface area contributed by atoms with E-state index in [1.54, 1.807) is 13.2 Å². The van der Waals surface area contributed by atoms with Gasteiger partial charge < -0.3 is 20.8 Å². The molecule has 0 fully saturated rings. The average molecular weight is 247 g/mol. The summed E-state index contributed by atoms with van der Waals surface area (Å²) in [6.07, 6.45) is 0. The third kappa shape index (κ3) is 2.31. The predicted molar refractivity (Wildman–Crippen MR) is 70.8 cm³/mol. The lowest BCUT2D eigenvalue weighted by molar-refractivity contribution is 0.0937. The fourth-order valence-corrected chi connectivity index (χ4v) is 1.78. The van der Waals surface area contributed by atoms with Crippen molar-refractivity contribution in [2.75, 3.05) is 13.7 Å².